The number of hydrogen-bond acceptors (Lipinski definition) is 1. The van der Waals surface area contributed by atoms with Crippen molar-refractivity contribution in [3.05, 3.63) is 56.5 Å². The minimum Gasteiger partial charge on any atom is -0.369 e. The Kier molecular flexibility index (Phi) is 5.96. The van der Waals surface area contributed by atoms with Crippen LogP contribution in [0, 0.1) is 0 Å². The lowest BCUT2D eigenvalue weighted by molar-refractivity contribution is 1.39. The molecule has 0 saturated carbocycles. The summed E-state index contributed by atoms with van der Waals surface area (Å²) in [5, 5.41) is 4.61. The van der Waals surface area contributed by atoms with Gasteiger partial charge in [0, 0.05) is 25.8 Å². The third-order valence-corrected chi connectivity index (χ3v) is 3.33. The first kappa shape index (κ1) is 17.7. The number of guanidine groups is 2. The molecule has 0 atom stereocenters. The number of hydrogen-bond donors (Lipinski definition) is 3. The first-order valence-electron chi connectivity index (χ1n) is 6.19. The second kappa shape index (κ2) is 7.75. The van der Waals surface area contributed by atoms with E-state index >= 15 is 0 Å². The van der Waals surface area contributed by atoms with E-state index in [-0.39, 0.29) is 11.9 Å². The van der Waals surface area contributed by atoms with Crippen LogP contribution in [-0.2, 0) is 0 Å². The van der Waals surface area contributed by atoms with Crippen molar-refractivity contribution in [2.75, 3.05) is 5.32 Å². The van der Waals surface area contributed by atoms with Crippen LogP contribution < -0.4 is 16.8 Å². The van der Waals surface area contributed by atoms with E-state index in [0.717, 1.165) is 0 Å². The van der Waals surface area contributed by atoms with Crippen LogP contribution in [0.15, 0.2) is 46.4 Å². The molecule has 2 aromatic rings. The summed E-state index contributed by atoms with van der Waals surface area (Å²) >= 11 is 23.6. The zero-order chi connectivity index (χ0) is 17.0. The number of benzene rings is 2. The van der Waals surface area contributed by atoms with Crippen LogP contribution in [0.4, 0.5) is 11.4 Å². The van der Waals surface area contributed by atoms with Crippen molar-refractivity contribution in [3.63, 3.8) is 0 Å². The molecule has 120 valence electrons. The number of aliphatic imine (C=N–C) groups is 2. The summed E-state index contributed by atoms with van der Waals surface area (Å²) in [5.41, 5.74) is 12.5. The molecule has 0 aromatic heterocycles. The molecule has 0 amide bonds. The fourth-order valence-electron chi connectivity index (χ4n) is 1.69. The normalized spacial score (nSPS) is 12.3. The van der Waals surface area contributed by atoms with Crippen molar-refractivity contribution in [2.45, 2.75) is 0 Å². The number of anilines is 1. The van der Waals surface area contributed by atoms with Gasteiger partial charge in [-0.25, -0.2) is 4.99 Å². The summed E-state index contributed by atoms with van der Waals surface area (Å²) in [4.78, 5) is 7.99. The van der Waals surface area contributed by atoms with E-state index in [4.69, 9.17) is 57.9 Å². The fourth-order valence-corrected chi connectivity index (χ4v) is 2.73. The molecule has 0 aliphatic carbocycles. The fraction of sp³-hybridized carbons (Fsp3) is 0. The van der Waals surface area contributed by atoms with Gasteiger partial charge in [-0.2, -0.15) is 4.99 Å². The van der Waals surface area contributed by atoms with Crippen LogP contribution in [0.3, 0.4) is 0 Å². The third-order valence-electron chi connectivity index (χ3n) is 2.46. The van der Waals surface area contributed by atoms with Crippen LogP contribution in [0.2, 0.25) is 20.1 Å². The predicted octanol–water partition coefficient (Wildman–Crippen LogP) is 4.67. The van der Waals surface area contributed by atoms with Crippen molar-refractivity contribution in [2.24, 2.45) is 21.5 Å². The van der Waals surface area contributed by atoms with Gasteiger partial charge in [0.2, 0.25) is 11.9 Å². The van der Waals surface area contributed by atoms with Gasteiger partial charge in [0.25, 0.3) is 0 Å². The third kappa shape index (κ3) is 5.80. The maximum atomic E-state index is 5.90. The molecule has 0 radical (unpaired) electrons. The van der Waals surface area contributed by atoms with Gasteiger partial charge in [0.15, 0.2) is 0 Å². The number of nitrogens with one attached hydrogen (secondary N) is 1. The summed E-state index contributed by atoms with van der Waals surface area (Å²) < 4.78 is 0. The smallest absolute Gasteiger partial charge is 0.223 e. The molecule has 0 heterocycles. The topological polar surface area (TPSA) is 88.8 Å². The lowest BCUT2D eigenvalue weighted by Gasteiger charge is -2.06. The SMILES string of the molecule is NC(=Nc1cc(Cl)cc(Cl)c1)N=C(N)Nc1cc(Cl)cc(Cl)c1. The Labute approximate surface area is 152 Å². The minimum absolute atomic E-state index is 0.0257. The van der Waals surface area contributed by atoms with Gasteiger partial charge in [0.1, 0.15) is 0 Å². The molecule has 23 heavy (non-hydrogen) atoms. The molecule has 0 bridgehead atoms. The number of nitrogens with two attached hydrogens (primary N) is 2. The van der Waals surface area contributed by atoms with E-state index in [0.29, 0.717) is 31.5 Å². The van der Waals surface area contributed by atoms with Crippen molar-refractivity contribution < 1.29 is 0 Å². The largest absolute Gasteiger partial charge is 0.369 e. The van der Waals surface area contributed by atoms with Gasteiger partial charge in [-0.1, -0.05) is 46.4 Å². The zero-order valence-corrected chi connectivity index (χ0v) is 14.5. The van der Waals surface area contributed by atoms with E-state index in [1.165, 1.54) is 0 Å². The lowest BCUT2D eigenvalue weighted by Crippen LogP contribution is -2.26. The molecule has 0 aliphatic heterocycles. The second-order valence-corrected chi connectivity index (χ2v) is 6.12. The van der Waals surface area contributed by atoms with Gasteiger partial charge in [-0.3, -0.25) is 0 Å². The molecule has 5 N–H and O–H groups in total. The Hall–Kier alpha value is -1.66. The van der Waals surface area contributed by atoms with Crippen LogP contribution in [0.25, 0.3) is 0 Å². The first-order chi connectivity index (χ1) is 10.8. The molecular weight excluding hydrogens is 380 g/mol. The van der Waals surface area contributed by atoms with Gasteiger partial charge in [-0.15, -0.1) is 0 Å². The van der Waals surface area contributed by atoms with E-state index in [9.17, 15) is 0 Å². The minimum atomic E-state index is -0.0681. The highest BCUT2D eigenvalue weighted by molar-refractivity contribution is 6.35. The van der Waals surface area contributed by atoms with Gasteiger partial charge < -0.3 is 16.8 Å². The Morgan fingerprint density at radius 3 is 1.78 bits per heavy atom. The van der Waals surface area contributed by atoms with E-state index < -0.39 is 0 Å². The summed E-state index contributed by atoms with van der Waals surface area (Å²) in [6.45, 7) is 0. The molecule has 0 aliphatic rings. The Balaban J connectivity index is 2.17. The number of rotatable bonds is 2. The molecule has 0 unspecified atom stereocenters. The average molecular weight is 391 g/mol. The molecule has 5 nitrogen and oxygen atoms in total. The molecule has 9 heteroatoms. The van der Waals surface area contributed by atoms with Crippen molar-refractivity contribution in [1.29, 1.82) is 0 Å². The molecule has 2 rings (SSSR count). The monoisotopic (exact) mass is 389 g/mol. The lowest BCUT2D eigenvalue weighted by atomic mass is 10.3. The van der Waals surface area contributed by atoms with E-state index in [1.54, 1.807) is 36.4 Å². The Bertz CT molecular complexity index is 748. The van der Waals surface area contributed by atoms with Crippen LogP contribution >= 0.6 is 46.4 Å². The predicted molar refractivity (Wildman–Crippen MR) is 99.5 cm³/mol. The molecule has 0 spiro atoms. The summed E-state index contributed by atoms with van der Waals surface area (Å²) in [5.74, 6) is -0.0424. The maximum absolute atomic E-state index is 5.90. The average Bonchev–Trinajstić information content (AvgIpc) is 2.34. The van der Waals surface area contributed by atoms with Crippen molar-refractivity contribution in [3.8, 4) is 0 Å². The molecule has 0 saturated heterocycles. The molecule has 0 fully saturated rings. The van der Waals surface area contributed by atoms with Crippen molar-refractivity contribution in [1.82, 2.24) is 0 Å². The number of halogens is 4. The summed E-state index contributed by atoms with van der Waals surface area (Å²) in [6, 6.07) is 9.65. The summed E-state index contributed by atoms with van der Waals surface area (Å²) in [6.07, 6.45) is 0. The molecule has 2 aromatic carbocycles. The van der Waals surface area contributed by atoms with Gasteiger partial charge in [0.05, 0.1) is 5.69 Å². The van der Waals surface area contributed by atoms with Crippen LogP contribution in [0.5, 0.6) is 0 Å². The highest BCUT2D eigenvalue weighted by Crippen LogP contribution is 2.24. The summed E-state index contributed by atoms with van der Waals surface area (Å²) in [7, 11) is 0. The highest BCUT2D eigenvalue weighted by atomic mass is 35.5. The molecular formula is C14H11Cl4N5. The number of nitrogens with zero attached hydrogens (tertiary/aromatic N) is 2. The standard InChI is InChI=1S/C14H11Cl4N5/c15-7-1-8(16)4-11(3-7)21-13(19)23-14(20)22-12-5-9(17)2-10(18)6-12/h1-6H,(H5,19,20,21,22,23). The quantitative estimate of drug-likeness (QED) is 0.514. The van der Waals surface area contributed by atoms with Crippen LogP contribution in [0.1, 0.15) is 0 Å². The van der Waals surface area contributed by atoms with Gasteiger partial charge in [-0.05, 0) is 36.4 Å². The van der Waals surface area contributed by atoms with E-state index in [1.807, 2.05) is 0 Å². The Morgan fingerprint density at radius 2 is 1.26 bits per heavy atom. The highest BCUT2D eigenvalue weighted by Gasteiger charge is 2.02. The van der Waals surface area contributed by atoms with Gasteiger partial charge >= 0.3 is 0 Å². The Morgan fingerprint density at radius 1 is 0.783 bits per heavy atom. The van der Waals surface area contributed by atoms with Crippen LogP contribution in [-0.4, -0.2) is 11.9 Å². The maximum Gasteiger partial charge on any atom is 0.223 e. The van der Waals surface area contributed by atoms with E-state index in [2.05, 4.69) is 15.3 Å². The zero-order valence-electron chi connectivity index (χ0n) is 11.5. The van der Waals surface area contributed by atoms with Crippen molar-refractivity contribution >= 4 is 69.7 Å². The second-order valence-electron chi connectivity index (χ2n) is 4.38. The first-order valence-corrected chi connectivity index (χ1v) is 7.70.